The van der Waals surface area contributed by atoms with Gasteiger partial charge in [0.25, 0.3) is 0 Å². The molecule has 0 unspecified atom stereocenters. The molecule has 0 amide bonds. The van der Waals surface area contributed by atoms with E-state index in [1.54, 1.807) is 0 Å². The highest BCUT2D eigenvalue weighted by atomic mass is 16.6. The maximum atomic E-state index is 12.2. The first kappa shape index (κ1) is 17.5. The van der Waals surface area contributed by atoms with Crippen molar-refractivity contribution >= 4 is 5.97 Å². The van der Waals surface area contributed by atoms with E-state index in [1.807, 2.05) is 13.0 Å². The molecule has 1 aliphatic carbocycles. The molecule has 0 radical (unpaired) electrons. The highest BCUT2D eigenvalue weighted by Gasteiger charge is 2.54. The van der Waals surface area contributed by atoms with Crippen molar-refractivity contribution in [1.82, 2.24) is 0 Å². The molecule has 3 nitrogen and oxygen atoms in total. The summed E-state index contributed by atoms with van der Waals surface area (Å²) in [5, 5.41) is 0. The molecule has 2 fully saturated rings. The van der Waals surface area contributed by atoms with Gasteiger partial charge in [-0.1, -0.05) is 29.4 Å². The number of hydrogen-bond donors (Lipinski definition) is 0. The number of esters is 1. The van der Waals surface area contributed by atoms with Crippen LogP contribution in [0.1, 0.15) is 66.2 Å². The molecule has 0 bridgehead atoms. The highest BCUT2D eigenvalue weighted by molar-refractivity contribution is 5.91. The molecule has 0 N–H and O–H groups in total. The van der Waals surface area contributed by atoms with Gasteiger partial charge in [-0.3, -0.25) is 0 Å². The van der Waals surface area contributed by atoms with E-state index in [-0.39, 0.29) is 29.7 Å². The summed E-state index contributed by atoms with van der Waals surface area (Å²) in [5.41, 5.74) is 3.59. The number of ether oxygens (including phenoxy) is 2. The smallest absolute Gasteiger partial charge is 0.334 e. The summed E-state index contributed by atoms with van der Waals surface area (Å²) in [6, 6.07) is 0. The number of allylic oxidation sites excluding steroid dienone is 4. The maximum absolute atomic E-state index is 12.2. The summed E-state index contributed by atoms with van der Waals surface area (Å²) in [6.07, 6.45) is 12.8. The second-order valence-electron chi connectivity index (χ2n) is 7.83. The standard InChI is InChI=1S/C21H30O3/c1-5-16-17-13-19-21(4,24-19)11-7-10-14(2)8-6-9-15(3)12-18(17)23-20(16)22/h5,9-10,17-19H,6-8,11-13H2,1-4H3/t17-,18-,19+,21+/m0/s1. The lowest BCUT2D eigenvalue weighted by molar-refractivity contribution is -0.139. The van der Waals surface area contributed by atoms with Crippen LogP contribution in [0.3, 0.4) is 0 Å². The molecule has 2 heterocycles. The second-order valence-corrected chi connectivity index (χ2v) is 7.83. The van der Waals surface area contributed by atoms with Gasteiger partial charge in [-0.2, -0.15) is 0 Å². The van der Waals surface area contributed by atoms with Crippen LogP contribution in [0, 0.1) is 5.92 Å². The number of fused-ring (bicyclic) bond motifs is 2. The lowest BCUT2D eigenvalue weighted by Crippen LogP contribution is -2.21. The zero-order chi connectivity index (χ0) is 17.3. The zero-order valence-electron chi connectivity index (χ0n) is 15.4. The van der Waals surface area contributed by atoms with E-state index in [1.165, 1.54) is 11.1 Å². The minimum Gasteiger partial charge on any atom is -0.458 e. The second kappa shape index (κ2) is 6.87. The van der Waals surface area contributed by atoms with Gasteiger partial charge in [-0.15, -0.1) is 0 Å². The van der Waals surface area contributed by atoms with Crippen molar-refractivity contribution in [3.63, 3.8) is 0 Å². The molecule has 4 atom stereocenters. The lowest BCUT2D eigenvalue weighted by Gasteiger charge is -2.18. The fourth-order valence-corrected chi connectivity index (χ4v) is 4.13. The Morgan fingerprint density at radius 2 is 1.96 bits per heavy atom. The van der Waals surface area contributed by atoms with Crippen LogP contribution in [-0.4, -0.2) is 23.8 Å². The molecule has 3 rings (SSSR count). The van der Waals surface area contributed by atoms with Gasteiger partial charge in [0.2, 0.25) is 0 Å². The fourth-order valence-electron chi connectivity index (χ4n) is 4.13. The first-order valence-corrected chi connectivity index (χ1v) is 9.29. The van der Waals surface area contributed by atoms with Gasteiger partial charge in [0, 0.05) is 17.9 Å². The van der Waals surface area contributed by atoms with Crippen LogP contribution < -0.4 is 0 Å². The molecule has 132 valence electrons. The summed E-state index contributed by atoms with van der Waals surface area (Å²) < 4.78 is 11.7. The van der Waals surface area contributed by atoms with Gasteiger partial charge >= 0.3 is 5.97 Å². The molecule has 0 aromatic rings. The molecule has 0 aromatic carbocycles. The van der Waals surface area contributed by atoms with Crippen LogP contribution in [0.15, 0.2) is 34.9 Å². The molecule has 24 heavy (non-hydrogen) atoms. The van der Waals surface area contributed by atoms with Gasteiger partial charge in [0.15, 0.2) is 0 Å². The number of carbonyl (C=O) groups is 1. The van der Waals surface area contributed by atoms with E-state index in [0.717, 1.165) is 44.1 Å². The minimum atomic E-state index is -0.135. The van der Waals surface area contributed by atoms with Crippen LogP contribution in [0.25, 0.3) is 0 Å². The van der Waals surface area contributed by atoms with Crippen LogP contribution in [0.2, 0.25) is 0 Å². The fraction of sp³-hybridized carbons (Fsp3) is 0.667. The molecule has 3 aliphatic rings. The molecule has 2 aliphatic heterocycles. The maximum Gasteiger partial charge on any atom is 0.334 e. The Balaban J connectivity index is 1.81. The number of epoxide rings is 1. The summed E-state index contributed by atoms with van der Waals surface area (Å²) in [4.78, 5) is 12.2. The topological polar surface area (TPSA) is 38.8 Å². The van der Waals surface area contributed by atoms with Crippen LogP contribution in [-0.2, 0) is 14.3 Å². The van der Waals surface area contributed by atoms with Gasteiger partial charge in [0.05, 0.1) is 11.7 Å². The first-order valence-electron chi connectivity index (χ1n) is 9.29. The van der Waals surface area contributed by atoms with E-state index in [9.17, 15) is 4.79 Å². The summed E-state index contributed by atoms with van der Waals surface area (Å²) >= 11 is 0. The van der Waals surface area contributed by atoms with E-state index in [0.29, 0.717) is 0 Å². The Bertz CT molecular complexity index is 598. The van der Waals surface area contributed by atoms with Crippen molar-refractivity contribution in [3.8, 4) is 0 Å². The molecule has 3 heteroatoms. The zero-order valence-corrected chi connectivity index (χ0v) is 15.4. The van der Waals surface area contributed by atoms with Crippen LogP contribution >= 0.6 is 0 Å². The van der Waals surface area contributed by atoms with Crippen molar-refractivity contribution in [2.75, 3.05) is 0 Å². The Hall–Kier alpha value is -1.35. The Kier molecular flexibility index (Phi) is 5.00. The van der Waals surface area contributed by atoms with E-state index in [4.69, 9.17) is 9.47 Å². The van der Waals surface area contributed by atoms with E-state index >= 15 is 0 Å². The average molecular weight is 330 g/mol. The van der Waals surface area contributed by atoms with Crippen molar-refractivity contribution in [2.24, 2.45) is 5.92 Å². The van der Waals surface area contributed by atoms with Gasteiger partial charge < -0.3 is 9.47 Å². The minimum absolute atomic E-state index is 0.0270. The van der Waals surface area contributed by atoms with Crippen molar-refractivity contribution < 1.29 is 14.3 Å². The summed E-state index contributed by atoms with van der Waals surface area (Å²) in [7, 11) is 0. The third-order valence-electron chi connectivity index (χ3n) is 5.84. The highest BCUT2D eigenvalue weighted by Crippen LogP contribution is 2.47. The number of hydrogen-bond acceptors (Lipinski definition) is 3. The third-order valence-corrected chi connectivity index (χ3v) is 5.84. The van der Waals surface area contributed by atoms with Crippen molar-refractivity contribution in [3.05, 3.63) is 34.9 Å². The largest absolute Gasteiger partial charge is 0.458 e. The molecule has 0 aromatic heterocycles. The Labute approximate surface area is 145 Å². The van der Waals surface area contributed by atoms with Crippen LogP contribution in [0.5, 0.6) is 0 Å². The van der Waals surface area contributed by atoms with Gasteiger partial charge in [-0.05, 0) is 59.8 Å². The molecule has 0 spiro atoms. The lowest BCUT2D eigenvalue weighted by atomic mass is 9.84. The normalized spacial score (nSPS) is 39.2. The van der Waals surface area contributed by atoms with Gasteiger partial charge in [-0.25, -0.2) is 4.79 Å². The monoisotopic (exact) mass is 330 g/mol. The summed E-state index contributed by atoms with van der Waals surface area (Å²) in [6.45, 7) is 8.52. The van der Waals surface area contributed by atoms with Gasteiger partial charge in [0.1, 0.15) is 6.10 Å². The molecular weight excluding hydrogens is 300 g/mol. The number of carbonyl (C=O) groups excluding carboxylic acids is 1. The predicted octanol–water partition coefficient (Wildman–Crippen LogP) is 4.88. The third kappa shape index (κ3) is 3.66. The van der Waals surface area contributed by atoms with E-state index < -0.39 is 0 Å². The van der Waals surface area contributed by atoms with E-state index in [2.05, 4.69) is 32.9 Å². The molecule has 0 saturated carbocycles. The molecule has 2 saturated heterocycles. The van der Waals surface area contributed by atoms with Crippen molar-refractivity contribution in [1.29, 1.82) is 0 Å². The Morgan fingerprint density at radius 3 is 2.71 bits per heavy atom. The average Bonchev–Trinajstić information content (AvgIpc) is 3.04. The summed E-state index contributed by atoms with van der Waals surface area (Å²) in [5.74, 6) is 0.0300. The number of rotatable bonds is 0. The molecular formula is C21H30O3. The predicted molar refractivity (Wildman–Crippen MR) is 95.6 cm³/mol. The SMILES string of the molecule is CC=C1C(=O)O[C@H]2CC(C)=CCCC(C)=CCC[C@@]3(C)O[C@@H]3C[C@@H]12. The Morgan fingerprint density at radius 1 is 1.21 bits per heavy atom. The van der Waals surface area contributed by atoms with Crippen molar-refractivity contribution in [2.45, 2.75) is 84.0 Å². The first-order chi connectivity index (χ1) is 11.4. The van der Waals surface area contributed by atoms with Crippen LogP contribution in [0.4, 0.5) is 0 Å². The quantitative estimate of drug-likeness (QED) is 0.275.